The number of anilines is 2. The average molecular weight is 536 g/mol. The van der Waals surface area contributed by atoms with E-state index in [1.54, 1.807) is 7.11 Å². The summed E-state index contributed by atoms with van der Waals surface area (Å²) in [7, 11) is 3.75. The van der Waals surface area contributed by atoms with Crippen LogP contribution in [0.4, 0.5) is 11.4 Å². The van der Waals surface area contributed by atoms with Crippen molar-refractivity contribution in [3.63, 3.8) is 0 Å². The predicted octanol–water partition coefficient (Wildman–Crippen LogP) is 4.15. The average Bonchev–Trinajstić information content (AvgIpc) is 3.33. The zero-order chi connectivity index (χ0) is 27.4. The molecule has 1 aromatic heterocycles. The molecule has 0 bridgehead atoms. The zero-order valence-corrected chi connectivity index (χ0v) is 22.9. The largest absolute Gasteiger partial charge is 0.495 e. The molecule has 4 heterocycles. The summed E-state index contributed by atoms with van der Waals surface area (Å²) in [4.78, 5) is 35.9. The van der Waals surface area contributed by atoms with Crippen LogP contribution in [0.25, 0.3) is 10.9 Å². The van der Waals surface area contributed by atoms with Crippen molar-refractivity contribution in [3.8, 4) is 5.75 Å². The van der Waals surface area contributed by atoms with E-state index in [0.29, 0.717) is 19.6 Å². The highest BCUT2D eigenvalue weighted by Gasteiger charge is 2.43. The molecule has 40 heavy (non-hydrogen) atoms. The summed E-state index contributed by atoms with van der Waals surface area (Å²) in [5.41, 5.74) is 6.07. The second-order valence-electron chi connectivity index (χ2n) is 10.8. The lowest BCUT2D eigenvalue weighted by atomic mass is 9.96. The first kappa shape index (κ1) is 24.6. The molecule has 1 unspecified atom stereocenters. The highest BCUT2D eigenvalue weighted by atomic mass is 16.5. The van der Waals surface area contributed by atoms with Gasteiger partial charge in [-0.2, -0.15) is 0 Å². The van der Waals surface area contributed by atoms with Gasteiger partial charge in [-0.25, -0.2) is 0 Å². The van der Waals surface area contributed by atoms with E-state index >= 15 is 0 Å². The first-order valence-electron chi connectivity index (χ1n) is 14.0. The Balaban J connectivity index is 1.20. The first-order chi connectivity index (χ1) is 19.6. The van der Waals surface area contributed by atoms with E-state index in [4.69, 9.17) is 4.74 Å². The third kappa shape index (κ3) is 3.73. The summed E-state index contributed by atoms with van der Waals surface area (Å²) in [5, 5.41) is 1.17. The monoisotopic (exact) mass is 535 g/mol. The van der Waals surface area contributed by atoms with E-state index in [9.17, 15) is 9.59 Å². The maximum Gasteiger partial charge on any atom is 0.257 e. The zero-order valence-electron chi connectivity index (χ0n) is 22.9. The smallest absolute Gasteiger partial charge is 0.257 e. The molecule has 0 aliphatic carbocycles. The minimum Gasteiger partial charge on any atom is -0.495 e. The third-order valence-electron chi connectivity index (χ3n) is 8.76. The van der Waals surface area contributed by atoms with Crippen LogP contribution in [0.3, 0.4) is 0 Å². The fraction of sp³-hybridized carbons (Fsp3) is 0.312. The van der Waals surface area contributed by atoms with Crippen LogP contribution in [0.5, 0.6) is 5.75 Å². The molecule has 4 aromatic rings. The van der Waals surface area contributed by atoms with E-state index in [-0.39, 0.29) is 24.5 Å². The van der Waals surface area contributed by atoms with E-state index in [0.717, 1.165) is 53.4 Å². The van der Waals surface area contributed by atoms with E-state index in [1.807, 2.05) is 58.3 Å². The number of aromatic nitrogens is 1. The molecule has 1 fully saturated rings. The molecule has 0 N–H and O–H groups in total. The van der Waals surface area contributed by atoms with Crippen LogP contribution in [-0.4, -0.2) is 73.1 Å². The molecule has 8 heteroatoms. The number of para-hydroxylation sites is 4. The Hall–Kier alpha value is -4.46. The van der Waals surface area contributed by atoms with E-state index in [2.05, 4.69) is 45.7 Å². The summed E-state index contributed by atoms with van der Waals surface area (Å²) >= 11 is 0. The number of nitrogens with zero attached hydrogens (tertiary/aromatic N) is 5. The number of carbonyl (C=O) groups excluding carboxylic acids is 2. The SMILES string of the molecule is COc1ccccc1N1CCN(C(=O)Cn2c3c(c4ccccc42)CCN2C(=O)c4ccccc4N(C)C32)CC1. The minimum absolute atomic E-state index is 0.0555. The van der Waals surface area contributed by atoms with Gasteiger partial charge in [0.25, 0.3) is 5.91 Å². The van der Waals surface area contributed by atoms with Gasteiger partial charge < -0.3 is 28.9 Å². The van der Waals surface area contributed by atoms with Gasteiger partial charge in [0.2, 0.25) is 5.91 Å². The Kier molecular flexibility index (Phi) is 5.91. The van der Waals surface area contributed by atoms with Crippen LogP contribution in [0.1, 0.15) is 27.8 Å². The molecule has 1 saturated heterocycles. The number of amides is 2. The Morgan fingerprint density at radius 1 is 0.875 bits per heavy atom. The van der Waals surface area contributed by atoms with Crippen LogP contribution in [0.2, 0.25) is 0 Å². The van der Waals surface area contributed by atoms with Crippen LogP contribution in [0.15, 0.2) is 72.8 Å². The van der Waals surface area contributed by atoms with Gasteiger partial charge in [-0.15, -0.1) is 0 Å². The molecule has 3 aromatic carbocycles. The van der Waals surface area contributed by atoms with Crippen LogP contribution in [0, 0.1) is 0 Å². The van der Waals surface area contributed by atoms with E-state index < -0.39 is 0 Å². The van der Waals surface area contributed by atoms with Crippen molar-refractivity contribution in [2.24, 2.45) is 0 Å². The minimum atomic E-state index is -0.256. The standard InChI is InChI=1S/C32H33N5O3/c1-33-25-11-5-4-10-24(25)32(39)36-16-15-23-22-9-3-6-12-26(22)37(30(23)31(33)36)21-29(38)35-19-17-34(18-20-35)27-13-7-8-14-28(27)40-2/h3-14,31H,15-21H2,1-2H3. The summed E-state index contributed by atoms with van der Waals surface area (Å²) in [6.07, 6.45) is 0.515. The molecule has 8 nitrogen and oxygen atoms in total. The van der Waals surface area contributed by atoms with Crippen molar-refractivity contribution < 1.29 is 14.3 Å². The van der Waals surface area contributed by atoms with Crippen molar-refractivity contribution in [3.05, 3.63) is 89.6 Å². The lowest BCUT2D eigenvalue weighted by Gasteiger charge is -2.46. The summed E-state index contributed by atoms with van der Waals surface area (Å²) < 4.78 is 7.74. The maximum atomic E-state index is 13.8. The Bertz CT molecular complexity index is 1620. The molecule has 2 amide bonds. The van der Waals surface area contributed by atoms with Gasteiger partial charge in [-0.05, 0) is 42.3 Å². The fourth-order valence-corrected chi connectivity index (χ4v) is 6.80. The third-order valence-corrected chi connectivity index (χ3v) is 8.76. The second kappa shape index (κ2) is 9.62. The van der Waals surface area contributed by atoms with Crippen LogP contribution < -0.4 is 14.5 Å². The Labute approximate surface area is 233 Å². The first-order valence-corrected chi connectivity index (χ1v) is 14.0. The molecular formula is C32H33N5O3. The lowest BCUT2D eigenvalue weighted by molar-refractivity contribution is -0.132. The van der Waals surface area contributed by atoms with Gasteiger partial charge in [0.1, 0.15) is 18.5 Å². The predicted molar refractivity (Wildman–Crippen MR) is 156 cm³/mol. The van der Waals surface area contributed by atoms with Crippen molar-refractivity contribution in [1.29, 1.82) is 0 Å². The van der Waals surface area contributed by atoms with E-state index in [1.165, 1.54) is 10.9 Å². The second-order valence-corrected chi connectivity index (χ2v) is 10.8. The van der Waals surface area contributed by atoms with Gasteiger partial charge in [-0.3, -0.25) is 9.59 Å². The molecule has 3 aliphatic rings. The van der Waals surface area contributed by atoms with Gasteiger partial charge in [0, 0.05) is 50.7 Å². The van der Waals surface area contributed by atoms with Crippen molar-refractivity contribution in [2.45, 2.75) is 19.1 Å². The summed E-state index contributed by atoms with van der Waals surface area (Å²) in [6.45, 7) is 3.71. The number of hydrogen-bond acceptors (Lipinski definition) is 5. The van der Waals surface area contributed by atoms with Crippen molar-refractivity contribution >= 4 is 34.1 Å². The number of ether oxygens (including phenoxy) is 1. The lowest BCUT2D eigenvalue weighted by Crippen LogP contribution is -2.52. The topological polar surface area (TPSA) is 61.3 Å². The quantitative estimate of drug-likeness (QED) is 0.393. The molecule has 0 radical (unpaired) electrons. The number of benzene rings is 3. The van der Waals surface area contributed by atoms with Gasteiger partial charge >= 0.3 is 0 Å². The molecular weight excluding hydrogens is 502 g/mol. The number of carbonyl (C=O) groups is 2. The van der Waals surface area contributed by atoms with Crippen LogP contribution in [-0.2, 0) is 17.8 Å². The number of piperazine rings is 1. The molecule has 0 saturated carbocycles. The molecule has 204 valence electrons. The summed E-state index contributed by atoms with van der Waals surface area (Å²) in [6, 6.07) is 24.2. The van der Waals surface area contributed by atoms with Crippen LogP contribution >= 0.6 is 0 Å². The van der Waals surface area contributed by atoms with Crippen molar-refractivity contribution in [1.82, 2.24) is 14.4 Å². The Morgan fingerprint density at radius 3 is 2.38 bits per heavy atom. The normalized spacial score (nSPS) is 18.4. The number of rotatable bonds is 4. The highest BCUT2D eigenvalue weighted by Crippen LogP contribution is 2.44. The number of methoxy groups -OCH3 is 1. The molecule has 1 atom stereocenters. The number of hydrogen-bond donors (Lipinski definition) is 0. The van der Waals surface area contributed by atoms with Gasteiger partial charge in [-0.1, -0.05) is 42.5 Å². The maximum absolute atomic E-state index is 13.8. The number of fused-ring (bicyclic) bond motifs is 6. The van der Waals surface area contributed by atoms with Gasteiger partial charge in [0.05, 0.1) is 29.7 Å². The summed E-state index contributed by atoms with van der Waals surface area (Å²) in [5.74, 6) is 1.01. The van der Waals surface area contributed by atoms with Crippen molar-refractivity contribution in [2.75, 3.05) is 56.7 Å². The fourth-order valence-electron chi connectivity index (χ4n) is 6.80. The molecule has 0 spiro atoms. The van der Waals surface area contributed by atoms with Gasteiger partial charge in [0.15, 0.2) is 0 Å². The molecule has 7 rings (SSSR count). The Morgan fingerprint density at radius 2 is 1.57 bits per heavy atom. The highest BCUT2D eigenvalue weighted by molar-refractivity contribution is 6.02. The molecule has 3 aliphatic heterocycles.